The van der Waals surface area contributed by atoms with Crippen molar-refractivity contribution >= 4 is 109 Å². The maximum Gasteiger partial charge on any atom is 0.0640 e. The molecule has 1 atom stereocenters. The lowest BCUT2D eigenvalue weighted by Crippen LogP contribution is -2.30. The molecule has 0 aliphatic carbocycles. The normalized spacial score (nSPS) is 14.3. The number of hydrogen-bond donors (Lipinski definition) is 0. The van der Waals surface area contributed by atoms with E-state index in [-0.39, 0.29) is 49.2 Å². The number of thiophene rings is 1. The highest BCUT2D eigenvalue weighted by Gasteiger charge is 2.45. The summed E-state index contributed by atoms with van der Waals surface area (Å²) >= 11 is 1.95. The molecule has 5 heteroatoms. The minimum atomic E-state index is -0.251. The van der Waals surface area contributed by atoms with E-state index >= 15 is 0 Å². The summed E-state index contributed by atoms with van der Waals surface area (Å²) in [6, 6.07) is 108. The SMILES string of the molecule is CC(C)(C)c1cccc(-c2ccc3c(c2)N(c2c(-c4ccccc4)cc(C(C)(C)C)cc2-c2ccccc2)c2cc(-n4c5ccc(C(C)(C)C)cc5c5cc(C(C)(C)C)ccc54)cc4c2C3c2ccc(-c3cc(C(C)(C)C)cc(C(C)(C)C)c3)cc2N4c2cccc3c2sc2c(-n4c5ccc(C(C)(C)C)cc5c5cc(C(C)(C)C)ccc54)cccc23)c1. The third kappa shape index (κ3) is 13.5. The van der Waals surface area contributed by atoms with Gasteiger partial charge in [0.05, 0.1) is 77.0 Å². The summed E-state index contributed by atoms with van der Waals surface area (Å²) in [6.45, 7) is 56.5. The fourth-order valence-corrected chi connectivity index (χ4v) is 20.7. The van der Waals surface area contributed by atoms with Gasteiger partial charge in [0.25, 0.3) is 0 Å². The summed E-state index contributed by atoms with van der Waals surface area (Å²) in [5, 5.41) is 7.54. The molecule has 0 spiro atoms. The Labute approximate surface area is 728 Å². The molecule has 0 fully saturated rings. The van der Waals surface area contributed by atoms with Crippen molar-refractivity contribution in [2.45, 2.75) is 215 Å². The van der Waals surface area contributed by atoms with Crippen LogP contribution < -0.4 is 9.80 Å². The van der Waals surface area contributed by atoms with Gasteiger partial charge in [-0.2, -0.15) is 0 Å². The Bertz CT molecular complexity index is 6900. The van der Waals surface area contributed by atoms with Gasteiger partial charge >= 0.3 is 0 Å². The van der Waals surface area contributed by atoms with Crippen molar-refractivity contribution in [3.8, 4) is 55.9 Å². The van der Waals surface area contributed by atoms with Crippen molar-refractivity contribution in [3.05, 3.63) is 334 Å². The molecule has 0 saturated heterocycles. The lowest BCUT2D eigenvalue weighted by atomic mass is 9.74. The van der Waals surface area contributed by atoms with E-state index in [0.717, 1.165) is 50.9 Å². The molecule has 17 aromatic rings. The Morgan fingerprint density at radius 2 is 0.566 bits per heavy atom. The van der Waals surface area contributed by atoms with Crippen LogP contribution in [0.3, 0.4) is 0 Å². The second-order valence-corrected chi connectivity index (χ2v) is 44.6. The van der Waals surface area contributed by atoms with E-state index in [4.69, 9.17) is 0 Å². The van der Waals surface area contributed by atoms with Crippen LogP contribution in [0.4, 0.5) is 34.1 Å². The number of anilines is 6. The molecule has 612 valence electrons. The molecule has 0 amide bonds. The van der Waals surface area contributed by atoms with E-state index in [1.54, 1.807) is 0 Å². The van der Waals surface area contributed by atoms with Crippen LogP contribution in [0.25, 0.3) is 120 Å². The Morgan fingerprint density at radius 1 is 0.221 bits per heavy atom. The lowest BCUT2D eigenvalue weighted by molar-refractivity contribution is 0.569. The molecule has 19 rings (SSSR count). The van der Waals surface area contributed by atoms with Crippen LogP contribution in [0.2, 0.25) is 0 Å². The van der Waals surface area contributed by atoms with Crippen LogP contribution in [-0.2, 0) is 43.3 Å². The molecule has 3 aromatic heterocycles. The summed E-state index contributed by atoms with van der Waals surface area (Å²) in [6.07, 6.45) is 0. The van der Waals surface area contributed by atoms with Crippen LogP contribution in [0, 0.1) is 0 Å². The molecule has 0 radical (unpaired) electrons. The summed E-state index contributed by atoms with van der Waals surface area (Å²) < 4.78 is 7.71. The molecule has 5 heterocycles. The number of fused-ring (bicyclic) bond motifs is 13. The molecule has 1 unspecified atom stereocenters. The average Bonchev–Trinajstić information content (AvgIpc) is 1.08. The van der Waals surface area contributed by atoms with Crippen molar-refractivity contribution in [3.63, 3.8) is 0 Å². The van der Waals surface area contributed by atoms with Gasteiger partial charge in [-0.25, -0.2) is 0 Å². The molecule has 2 aliphatic rings. The minimum Gasteiger partial charge on any atom is -0.309 e. The first kappa shape index (κ1) is 80.2. The molecule has 122 heavy (non-hydrogen) atoms. The number of hydrogen-bond acceptors (Lipinski definition) is 3. The molecular weight excluding hydrogens is 1490 g/mol. The highest BCUT2D eigenvalue weighted by Crippen LogP contribution is 2.65. The standard InChI is InChI=1S/C117H118N4S/c1-110(2,3)76-39-31-38-72(56-76)73-44-50-88-102(59-73)121(107-89(70-34-27-25-28-35-70)66-83(117(22,23)24)67-90(107)71-36-29-26-30-37-71)104-69-84(118-95-52-46-77(111(4,5)6)62-91(95)92-63-78(112(7,8)9)47-53-96(92)118)68-103-106(104)105(88)87-51-45-74(75-57-81(115(16,17)18)61-82(58-75)116(19,20)21)60-101(87)120(103)100-43-33-41-86-85-40-32-42-99(108(85)122-109(86)100)119-97-54-48-79(113(10,11)12)64-93(97)94-65-80(114(13,14)15)49-55-98(94)119/h25-69,105H,1-24H3. The van der Waals surface area contributed by atoms with E-state index in [2.05, 4.69) is 458 Å². The van der Waals surface area contributed by atoms with Gasteiger partial charge in [0, 0.05) is 54.9 Å². The summed E-state index contributed by atoms with van der Waals surface area (Å²) in [5.41, 5.74) is 36.8. The van der Waals surface area contributed by atoms with Crippen molar-refractivity contribution in [1.82, 2.24) is 9.13 Å². The van der Waals surface area contributed by atoms with E-state index in [1.807, 2.05) is 11.3 Å². The molecule has 4 nitrogen and oxygen atoms in total. The molecule has 0 saturated carbocycles. The lowest BCUT2D eigenvalue weighted by Gasteiger charge is -2.46. The molecule has 0 bridgehead atoms. The monoisotopic (exact) mass is 1610 g/mol. The van der Waals surface area contributed by atoms with Gasteiger partial charge in [-0.3, -0.25) is 0 Å². The third-order valence-corrected chi connectivity index (χ3v) is 28.0. The van der Waals surface area contributed by atoms with Crippen molar-refractivity contribution in [2.24, 2.45) is 0 Å². The predicted molar refractivity (Wildman–Crippen MR) is 530 cm³/mol. The predicted octanol–water partition coefficient (Wildman–Crippen LogP) is 34.0. The van der Waals surface area contributed by atoms with Crippen LogP contribution in [0.5, 0.6) is 0 Å². The zero-order chi connectivity index (χ0) is 85.9. The summed E-state index contributed by atoms with van der Waals surface area (Å²) in [4.78, 5) is 5.52. The van der Waals surface area contributed by atoms with Gasteiger partial charge in [-0.1, -0.05) is 342 Å². The molecule has 2 aliphatic heterocycles. The maximum atomic E-state index is 2.77. The number of nitrogens with zero attached hydrogens (tertiary/aromatic N) is 4. The van der Waals surface area contributed by atoms with Crippen molar-refractivity contribution in [2.75, 3.05) is 9.80 Å². The Morgan fingerprint density at radius 3 is 1.00 bits per heavy atom. The largest absolute Gasteiger partial charge is 0.309 e. The Hall–Kier alpha value is -11.5. The highest BCUT2D eigenvalue weighted by atomic mass is 32.1. The van der Waals surface area contributed by atoms with Gasteiger partial charge in [0.15, 0.2) is 0 Å². The number of rotatable bonds is 8. The van der Waals surface area contributed by atoms with E-state index in [0.29, 0.717) is 0 Å². The van der Waals surface area contributed by atoms with Gasteiger partial charge in [-0.15, -0.1) is 11.3 Å². The van der Waals surface area contributed by atoms with Crippen LogP contribution >= 0.6 is 11.3 Å². The fourth-order valence-electron chi connectivity index (χ4n) is 19.4. The van der Waals surface area contributed by atoms with Gasteiger partial charge in [-0.05, 0) is 229 Å². The molecule has 14 aromatic carbocycles. The van der Waals surface area contributed by atoms with Crippen LogP contribution in [0.15, 0.2) is 273 Å². The van der Waals surface area contributed by atoms with E-state index in [1.165, 1.54) is 164 Å². The molecular formula is C117H118N4S. The average molecular weight is 1610 g/mol. The second kappa shape index (κ2) is 28.0. The third-order valence-electron chi connectivity index (χ3n) is 26.7. The first-order chi connectivity index (χ1) is 57.5. The van der Waals surface area contributed by atoms with E-state index in [9.17, 15) is 0 Å². The van der Waals surface area contributed by atoms with Crippen molar-refractivity contribution in [1.29, 1.82) is 0 Å². The number of benzene rings is 14. The summed E-state index contributed by atoms with van der Waals surface area (Å²) in [7, 11) is 0. The Kier molecular flexibility index (Phi) is 18.4. The topological polar surface area (TPSA) is 16.3 Å². The zero-order valence-corrected chi connectivity index (χ0v) is 77.1. The van der Waals surface area contributed by atoms with Crippen LogP contribution in [-0.4, -0.2) is 9.13 Å². The first-order valence-corrected chi connectivity index (χ1v) is 45.1. The van der Waals surface area contributed by atoms with Gasteiger partial charge in [0.1, 0.15) is 0 Å². The summed E-state index contributed by atoms with van der Waals surface area (Å²) in [5.74, 6) is -0.251. The maximum absolute atomic E-state index is 2.77. The van der Waals surface area contributed by atoms with Gasteiger partial charge < -0.3 is 18.9 Å². The first-order valence-electron chi connectivity index (χ1n) is 44.3. The fraction of sp³-hybridized carbons (Fsp3) is 0.282. The van der Waals surface area contributed by atoms with Gasteiger partial charge in [0.2, 0.25) is 0 Å². The number of aromatic nitrogens is 2. The quantitative estimate of drug-likeness (QED) is 0.151. The zero-order valence-electron chi connectivity index (χ0n) is 76.3. The van der Waals surface area contributed by atoms with Crippen LogP contribution in [0.1, 0.15) is 233 Å². The highest BCUT2D eigenvalue weighted by molar-refractivity contribution is 7.26. The minimum absolute atomic E-state index is 0.0431. The second-order valence-electron chi connectivity index (χ2n) is 43.6. The smallest absolute Gasteiger partial charge is 0.0640 e. The molecule has 0 N–H and O–H groups in total. The Balaban J connectivity index is 0.998. The van der Waals surface area contributed by atoms with E-state index < -0.39 is 0 Å². The van der Waals surface area contributed by atoms with Crippen molar-refractivity contribution < 1.29 is 0 Å².